The van der Waals surface area contributed by atoms with E-state index in [1.54, 1.807) is 0 Å². The number of unbranched alkanes of at least 4 members (excludes halogenated alkanes) is 2. The van der Waals surface area contributed by atoms with Crippen LogP contribution >= 0.6 is 23.1 Å². The van der Waals surface area contributed by atoms with Crippen molar-refractivity contribution < 1.29 is 0 Å². The van der Waals surface area contributed by atoms with E-state index < -0.39 is 0 Å². The fourth-order valence-electron chi connectivity index (χ4n) is 1.76. The summed E-state index contributed by atoms with van der Waals surface area (Å²) in [5.74, 6) is 1.31. The zero-order valence-electron chi connectivity index (χ0n) is 12.2. The molecule has 0 aliphatic rings. The first-order chi connectivity index (χ1) is 8.54. The molecule has 0 spiro atoms. The number of rotatable bonds is 8. The minimum atomic E-state index is 0.292. The van der Waals surface area contributed by atoms with E-state index in [-0.39, 0.29) is 0 Å². The first-order valence-corrected chi connectivity index (χ1v) is 9.04. The Hall–Kier alpha value is 0.01000. The maximum Gasteiger partial charge on any atom is 0.0299 e. The highest BCUT2D eigenvalue weighted by Gasteiger charge is 2.15. The van der Waals surface area contributed by atoms with Gasteiger partial charge in [0, 0.05) is 16.3 Å². The van der Waals surface area contributed by atoms with E-state index in [0.717, 1.165) is 13.1 Å². The van der Waals surface area contributed by atoms with Crippen molar-refractivity contribution in [2.75, 3.05) is 18.6 Å². The van der Waals surface area contributed by atoms with Crippen LogP contribution in [0.4, 0.5) is 0 Å². The molecule has 1 rings (SSSR count). The van der Waals surface area contributed by atoms with Gasteiger partial charge in [-0.05, 0) is 48.9 Å². The molecule has 3 heteroatoms. The van der Waals surface area contributed by atoms with Gasteiger partial charge in [0.2, 0.25) is 0 Å². The third-order valence-corrected chi connectivity index (χ3v) is 5.11. The Morgan fingerprint density at radius 1 is 1.17 bits per heavy atom. The van der Waals surface area contributed by atoms with Gasteiger partial charge in [0.15, 0.2) is 0 Å². The highest BCUT2D eigenvalue weighted by Crippen LogP contribution is 2.29. The summed E-state index contributed by atoms with van der Waals surface area (Å²) in [6, 6.07) is 4.55. The third kappa shape index (κ3) is 6.26. The molecule has 18 heavy (non-hydrogen) atoms. The van der Waals surface area contributed by atoms with Crippen molar-refractivity contribution in [1.29, 1.82) is 0 Å². The average molecular weight is 286 g/mol. The van der Waals surface area contributed by atoms with Crippen molar-refractivity contribution in [2.24, 2.45) is 0 Å². The molecular formula is C15H27NS2. The SMILES string of the molecule is CSCCCCCNCc1ccc(C(C)(C)C)s1. The molecule has 0 unspecified atom stereocenters. The number of hydrogen-bond acceptors (Lipinski definition) is 3. The molecule has 0 radical (unpaired) electrons. The molecule has 0 aromatic carbocycles. The molecule has 0 aliphatic heterocycles. The first-order valence-electron chi connectivity index (χ1n) is 6.83. The lowest BCUT2D eigenvalue weighted by molar-refractivity contribution is 0.604. The molecule has 1 aromatic heterocycles. The van der Waals surface area contributed by atoms with Gasteiger partial charge in [-0.2, -0.15) is 11.8 Å². The number of nitrogens with one attached hydrogen (secondary N) is 1. The van der Waals surface area contributed by atoms with Crippen LogP contribution in [-0.2, 0) is 12.0 Å². The summed E-state index contributed by atoms with van der Waals surface area (Å²) >= 11 is 3.89. The van der Waals surface area contributed by atoms with Crippen LogP contribution in [0.5, 0.6) is 0 Å². The number of thioether (sulfide) groups is 1. The maximum absolute atomic E-state index is 3.55. The van der Waals surface area contributed by atoms with Gasteiger partial charge < -0.3 is 5.32 Å². The predicted octanol–water partition coefficient (Wildman–Crippen LogP) is 4.67. The molecule has 1 nitrogen and oxygen atoms in total. The Kier molecular flexibility index (Phi) is 7.35. The van der Waals surface area contributed by atoms with Gasteiger partial charge in [-0.25, -0.2) is 0 Å². The maximum atomic E-state index is 3.55. The van der Waals surface area contributed by atoms with E-state index in [2.05, 4.69) is 44.5 Å². The van der Waals surface area contributed by atoms with Crippen LogP contribution in [-0.4, -0.2) is 18.6 Å². The van der Waals surface area contributed by atoms with Gasteiger partial charge >= 0.3 is 0 Å². The topological polar surface area (TPSA) is 12.0 Å². The van der Waals surface area contributed by atoms with Crippen LogP contribution in [0.15, 0.2) is 12.1 Å². The molecule has 1 heterocycles. The summed E-state index contributed by atoms with van der Waals surface area (Å²) in [7, 11) is 0. The Balaban J connectivity index is 2.14. The second kappa shape index (κ2) is 8.23. The lowest BCUT2D eigenvalue weighted by Crippen LogP contribution is -2.13. The molecule has 104 valence electrons. The van der Waals surface area contributed by atoms with E-state index in [1.165, 1.54) is 34.8 Å². The summed E-state index contributed by atoms with van der Waals surface area (Å²) in [6.07, 6.45) is 6.20. The zero-order chi connectivity index (χ0) is 13.4. The van der Waals surface area contributed by atoms with Crippen molar-refractivity contribution in [3.8, 4) is 0 Å². The van der Waals surface area contributed by atoms with Crippen molar-refractivity contribution in [1.82, 2.24) is 5.32 Å². The van der Waals surface area contributed by atoms with Crippen molar-refractivity contribution in [3.63, 3.8) is 0 Å². The van der Waals surface area contributed by atoms with E-state index in [9.17, 15) is 0 Å². The fraction of sp³-hybridized carbons (Fsp3) is 0.733. The monoisotopic (exact) mass is 285 g/mol. The summed E-state index contributed by atoms with van der Waals surface area (Å²) in [5.41, 5.74) is 0.292. The minimum absolute atomic E-state index is 0.292. The Morgan fingerprint density at radius 2 is 1.94 bits per heavy atom. The average Bonchev–Trinajstić information content (AvgIpc) is 2.76. The van der Waals surface area contributed by atoms with E-state index in [4.69, 9.17) is 0 Å². The van der Waals surface area contributed by atoms with Gasteiger partial charge in [0.25, 0.3) is 0 Å². The normalized spacial score (nSPS) is 12.0. The van der Waals surface area contributed by atoms with Gasteiger partial charge in [-0.1, -0.05) is 27.2 Å². The number of thiophene rings is 1. The van der Waals surface area contributed by atoms with Gasteiger partial charge in [0.05, 0.1) is 0 Å². The van der Waals surface area contributed by atoms with Crippen molar-refractivity contribution in [2.45, 2.75) is 52.0 Å². The number of hydrogen-bond donors (Lipinski definition) is 1. The second-order valence-electron chi connectivity index (χ2n) is 5.75. The molecule has 0 atom stereocenters. The van der Waals surface area contributed by atoms with Gasteiger partial charge in [-0.3, -0.25) is 0 Å². The quantitative estimate of drug-likeness (QED) is 0.697. The van der Waals surface area contributed by atoms with Crippen LogP contribution in [0, 0.1) is 0 Å². The highest BCUT2D eigenvalue weighted by atomic mass is 32.2. The molecule has 0 saturated heterocycles. The lowest BCUT2D eigenvalue weighted by Gasteiger charge is -2.15. The summed E-state index contributed by atoms with van der Waals surface area (Å²) in [5, 5.41) is 3.55. The Bertz CT molecular complexity index is 325. The van der Waals surface area contributed by atoms with E-state index in [1.807, 2.05) is 23.1 Å². The van der Waals surface area contributed by atoms with Crippen LogP contribution < -0.4 is 5.32 Å². The second-order valence-corrected chi connectivity index (χ2v) is 7.90. The summed E-state index contributed by atoms with van der Waals surface area (Å²) < 4.78 is 0. The lowest BCUT2D eigenvalue weighted by atomic mass is 9.95. The molecular weight excluding hydrogens is 258 g/mol. The molecule has 0 bridgehead atoms. The predicted molar refractivity (Wildman–Crippen MR) is 87.0 cm³/mol. The molecule has 1 aromatic rings. The molecule has 0 amide bonds. The van der Waals surface area contributed by atoms with E-state index >= 15 is 0 Å². The van der Waals surface area contributed by atoms with E-state index in [0.29, 0.717) is 5.41 Å². The van der Waals surface area contributed by atoms with Crippen LogP contribution in [0.2, 0.25) is 0 Å². The van der Waals surface area contributed by atoms with Crippen molar-refractivity contribution >= 4 is 23.1 Å². The van der Waals surface area contributed by atoms with Crippen LogP contribution in [0.1, 0.15) is 49.8 Å². The minimum Gasteiger partial charge on any atom is -0.312 e. The van der Waals surface area contributed by atoms with Gasteiger partial charge in [-0.15, -0.1) is 11.3 Å². The smallest absolute Gasteiger partial charge is 0.0299 e. The molecule has 0 aliphatic carbocycles. The Morgan fingerprint density at radius 3 is 2.56 bits per heavy atom. The summed E-state index contributed by atoms with van der Waals surface area (Å²) in [6.45, 7) is 9.02. The van der Waals surface area contributed by atoms with Crippen molar-refractivity contribution in [3.05, 3.63) is 21.9 Å². The standard InChI is InChI=1S/C15H27NS2/c1-15(2,3)14-9-8-13(18-14)12-16-10-6-5-7-11-17-4/h8-9,16H,5-7,10-12H2,1-4H3. The molecule has 0 fully saturated rings. The largest absolute Gasteiger partial charge is 0.312 e. The van der Waals surface area contributed by atoms with Crippen LogP contribution in [0.25, 0.3) is 0 Å². The highest BCUT2D eigenvalue weighted by molar-refractivity contribution is 7.98. The molecule has 0 saturated carbocycles. The first kappa shape index (κ1) is 16.1. The summed E-state index contributed by atoms with van der Waals surface area (Å²) in [4.78, 5) is 2.95. The van der Waals surface area contributed by atoms with Crippen LogP contribution in [0.3, 0.4) is 0 Å². The Labute approximate surface area is 121 Å². The zero-order valence-corrected chi connectivity index (χ0v) is 13.8. The fourth-order valence-corrected chi connectivity index (χ4v) is 3.29. The van der Waals surface area contributed by atoms with Gasteiger partial charge in [0.1, 0.15) is 0 Å². The molecule has 1 N–H and O–H groups in total. The third-order valence-electron chi connectivity index (χ3n) is 2.90.